The molecule has 1 atom stereocenters. The zero-order valence-corrected chi connectivity index (χ0v) is 15.8. The van der Waals surface area contributed by atoms with Gasteiger partial charge in [0.15, 0.2) is 0 Å². The van der Waals surface area contributed by atoms with Gasteiger partial charge in [0.05, 0.1) is 24.7 Å². The van der Waals surface area contributed by atoms with Crippen LogP contribution < -0.4 is 4.90 Å². The first-order valence-electron chi connectivity index (χ1n) is 9.73. The number of nitrogens with zero attached hydrogens (tertiary/aromatic N) is 3. The number of hydrogen-bond acceptors (Lipinski definition) is 6. The van der Waals surface area contributed by atoms with E-state index in [-0.39, 0.29) is 16.8 Å². The van der Waals surface area contributed by atoms with Crippen molar-refractivity contribution in [3.63, 3.8) is 0 Å². The standard InChI is InChI=1S/C21H25N3O4/c25-24(26)20-15-18(7-8-19(20)22-10-13-27-14-11-22)21-23(9-4-12-28-21)16-17-5-2-1-3-6-17/h1-3,5-8,15,21H,4,9-14,16H2/t21-/m1/s1. The molecule has 2 heterocycles. The average molecular weight is 383 g/mol. The van der Waals surface area contributed by atoms with Crippen LogP contribution in [0, 0.1) is 10.1 Å². The van der Waals surface area contributed by atoms with Crippen LogP contribution in [0.3, 0.4) is 0 Å². The Labute approximate surface area is 164 Å². The van der Waals surface area contributed by atoms with Gasteiger partial charge in [-0.25, -0.2) is 0 Å². The molecule has 2 aromatic rings. The Morgan fingerprint density at radius 1 is 1.04 bits per heavy atom. The zero-order valence-electron chi connectivity index (χ0n) is 15.8. The van der Waals surface area contributed by atoms with Crippen LogP contribution in [0.1, 0.15) is 23.8 Å². The summed E-state index contributed by atoms with van der Waals surface area (Å²) in [6.07, 6.45) is 0.684. The molecule has 28 heavy (non-hydrogen) atoms. The summed E-state index contributed by atoms with van der Waals surface area (Å²) in [5.74, 6) is 0. The normalized spacial score (nSPS) is 20.9. The van der Waals surface area contributed by atoms with Crippen molar-refractivity contribution in [1.82, 2.24) is 4.90 Å². The van der Waals surface area contributed by atoms with Gasteiger partial charge in [-0.1, -0.05) is 36.4 Å². The van der Waals surface area contributed by atoms with Crippen molar-refractivity contribution in [1.29, 1.82) is 0 Å². The summed E-state index contributed by atoms with van der Waals surface area (Å²) in [4.78, 5) is 15.7. The molecule has 0 aliphatic carbocycles. The zero-order chi connectivity index (χ0) is 19.3. The Bertz CT molecular complexity index is 809. The predicted octanol–water partition coefficient (Wildman–Crippen LogP) is 3.35. The van der Waals surface area contributed by atoms with E-state index in [2.05, 4.69) is 17.0 Å². The van der Waals surface area contributed by atoms with Gasteiger partial charge in [0, 0.05) is 37.8 Å². The van der Waals surface area contributed by atoms with Crippen molar-refractivity contribution in [2.24, 2.45) is 0 Å². The minimum absolute atomic E-state index is 0.133. The van der Waals surface area contributed by atoms with Crippen LogP contribution in [0.5, 0.6) is 0 Å². The number of nitro groups is 1. The maximum absolute atomic E-state index is 11.8. The largest absolute Gasteiger partial charge is 0.378 e. The number of benzene rings is 2. The maximum atomic E-state index is 11.8. The van der Waals surface area contributed by atoms with Crippen LogP contribution in [0.15, 0.2) is 48.5 Å². The molecule has 148 valence electrons. The molecule has 0 radical (unpaired) electrons. The number of morpholine rings is 1. The van der Waals surface area contributed by atoms with Crippen molar-refractivity contribution < 1.29 is 14.4 Å². The van der Waals surface area contributed by atoms with E-state index in [4.69, 9.17) is 9.47 Å². The van der Waals surface area contributed by atoms with Crippen molar-refractivity contribution in [3.05, 3.63) is 69.8 Å². The van der Waals surface area contributed by atoms with E-state index in [1.807, 2.05) is 35.2 Å². The topological polar surface area (TPSA) is 68.1 Å². The van der Waals surface area contributed by atoms with E-state index < -0.39 is 0 Å². The van der Waals surface area contributed by atoms with E-state index in [1.54, 1.807) is 6.07 Å². The van der Waals surface area contributed by atoms with E-state index in [0.29, 0.717) is 38.6 Å². The fourth-order valence-electron chi connectivity index (χ4n) is 3.88. The van der Waals surface area contributed by atoms with Crippen molar-refractivity contribution in [2.45, 2.75) is 19.2 Å². The van der Waals surface area contributed by atoms with Gasteiger partial charge >= 0.3 is 0 Å². The van der Waals surface area contributed by atoms with Crippen LogP contribution in [0.2, 0.25) is 0 Å². The van der Waals surface area contributed by atoms with Gasteiger partial charge in [0.25, 0.3) is 5.69 Å². The first kappa shape index (κ1) is 18.9. The summed E-state index contributed by atoms with van der Waals surface area (Å²) in [6.45, 7) is 4.84. The highest BCUT2D eigenvalue weighted by molar-refractivity contribution is 5.64. The molecule has 2 aliphatic rings. The monoisotopic (exact) mass is 383 g/mol. The highest BCUT2D eigenvalue weighted by Gasteiger charge is 2.29. The number of nitro benzene ring substituents is 1. The molecular formula is C21H25N3O4. The summed E-state index contributed by atoms with van der Waals surface area (Å²) in [6, 6.07) is 15.7. The molecule has 0 spiro atoms. The van der Waals surface area contributed by atoms with Crippen LogP contribution in [-0.2, 0) is 16.0 Å². The molecule has 2 aromatic carbocycles. The smallest absolute Gasteiger partial charge is 0.292 e. The fraction of sp³-hybridized carbons (Fsp3) is 0.429. The molecule has 4 rings (SSSR count). The van der Waals surface area contributed by atoms with Gasteiger partial charge in [-0.05, 0) is 18.1 Å². The minimum Gasteiger partial charge on any atom is -0.378 e. The van der Waals surface area contributed by atoms with E-state index in [0.717, 1.165) is 25.1 Å². The molecule has 2 aliphatic heterocycles. The quantitative estimate of drug-likeness (QED) is 0.583. The Balaban J connectivity index is 1.60. The second kappa shape index (κ2) is 8.68. The molecule has 7 nitrogen and oxygen atoms in total. The number of ether oxygens (including phenoxy) is 2. The Kier molecular flexibility index (Phi) is 5.85. The molecule has 0 saturated carbocycles. The van der Waals surface area contributed by atoms with E-state index >= 15 is 0 Å². The summed E-state index contributed by atoms with van der Waals surface area (Å²) in [5, 5.41) is 11.8. The molecule has 0 bridgehead atoms. The summed E-state index contributed by atoms with van der Waals surface area (Å²) in [7, 11) is 0. The Hall–Kier alpha value is -2.48. The lowest BCUT2D eigenvalue weighted by Crippen LogP contribution is -2.37. The number of hydrogen-bond donors (Lipinski definition) is 0. The van der Waals surface area contributed by atoms with Crippen molar-refractivity contribution >= 4 is 11.4 Å². The number of rotatable bonds is 5. The fourth-order valence-corrected chi connectivity index (χ4v) is 3.88. The summed E-state index contributed by atoms with van der Waals surface area (Å²) < 4.78 is 11.4. The van der Waals surface area contributed by atoms with Crippen molar-refractivity contribution in [2.75, 3.05) is 44.4 Å². The Morgan fingerprint density at radius 2 is 1.82 bits per heavy atom. The SMILES string of the molecule is O=[N+]([O-])c1cc([C@H]2OCCCN2Cc2ccccc2)ccc1N1CCOCC1. The van der Waals surface area contributed by atoms with Crippen molar-refractivity contribution in [3.8, 4) is 0 Å². The lowest BCUT2D eigenvalue weighted by molar-refractivity contribution is -0.384. The van der Waals surface area contributed by atoms with Gasteiger partial charge in [-0.15, -0.1) is 0 Å². The highest BCUT2D eigenvalue weighted by atomic mass is 16.6. The highest BCUT2D eigenvalue weighted by Crippen LogP contribution is 2.35. The van der Waals surface area contributed by atoms with E-state index in [1.165, 1.54) is 5.56 Å². The third-order valence-electron chi connectivity index (χ3n) is 5.26. The van der Waals surface area contributed by atoms with Gasteiger partial charge < -0.3 is 14.4 Å². The first-order valence-corrected chi connectivity index (χ1v) is 9.73. The molecule has 2 saturated heterocycles. The van der Waals surface area contributed by atoms with Crippen LogP contribution in [0.25, 0.3) is 0 Å². The number of anilines is 1. The molecule has 0 N–H and O–H groups in total. The predicted molar refractivity (Wildman–Crippen MR) is 106 cm³/mol. The third kappa shape index (κ3) is 4.16. The lowest BCUT2D eigenvalue weighted by atomic mass is 10.1. The van der Waals surface area contributed by atoms with Crippen LogP contribution in [-0.4, -0.2) is 49.3 Å². The average Bonchev–Trinajstić information content (AvgIpc) is 2.75. The molecular weight excluding hydrogens is 358 g/mol. The third-order valence-corrected chi connectivity index (χ3v) is 5.26. The van der Waals surface area contributed by atoms with Gasteiger partial charge in [0.1, 0.15) is 11.9 Å². The first-order chi connectivity index (χ1) is 13.7. The second-order valence-electron chi connectivity index (χ2n) is 7.14. The Morgan fingerprint density at radius 3 is 2.57 bits per heavy atom. The maximum Gasteiger partial charge on any atom is 0.292 e. The molecule has 7 heteroatoms. The molecule has 0 unspecified atom stereocenters. The molecule has 0 amide bonds. The minimum atomic E-state index is -0.293. The van der Waals surface area contributed by atoms with Crippen LogP contribution >= 0.6 is 0 Å². The van der Waals surface area contributed by atoms with Gasteiger partial charge in [-0.2, -0.15) is 0 Å². The second-order valence-corrected chi connectivity index (χ2v) is 7.14. The summed E-state index contributed by atoms with van der Waals surface area (Å²) in [5.41, 5.74) is 2.83. The van der Waals surface area contributed by atoms with E-state index in [9.17, 15) is 10.1 Å². The molecule has 0 aromatic heterocycles. The lowest BCUT2D eigenvalue weighted by Gasteiger charge is -2.36. The van der Waals surface area contributed by atoms with Crippen LogP contribution in [0.4, 0.5) is 11.4 Å². The van der Waals surface area contributed by atoms with Gasteiger partial charge in [-0.3, -0.25) is 15.0 Å². The summed E-state index contributed by atoms with van der Waals surface area (Å²) >= 11 is 0. The van der Waals surface area contributed by atoms with Gasteiger partial charge in [0.2, 0.25) is 0 Å². The molecule has 2 fully saturated rings.